The SMILES string of the molecule is COCOCNC1CCCCC1[N+](=O)[O-]. The first-order chi connectivity index (χ1) is 7.25. The number of rotatable bonds is 6. The molecule has 0 radical (unpaired) electrons. The molecule has 0 saturated heterocycles. The molecular weight excluding hydrogens is 200 g/mol. The highest BCUT2D eigenvalue weighted by Crippen LogP contribution is 2.20. The van der Waals surface area contributed by atoms with E-state index < -0.39 is 6.04 Å². The number of nitrogens with one attached hydrogen (secondary N) is 1. The third-order valence-electron chi connectivity index (χ3n) is 2.65. The molecule has 6 nitrogen and oxygen atoms in total. The maximum Gasteiger partial charge on any atom is 0.228 e. The van der Waals surface area contributed by atoms with E-state index in [-0.39, 0.29) is 17.8 Å². The molecule has 0 aliphatic heterocycles. The largest absolute Gasteiger partial charge is 0.359 e. The molecule has 1 fully saturated rings. The fourth-order valence-corrected chi connectivity index (χ4v) is 1.89. The van der Waals surface area contributed by atoms with Crippen LogP contribution in [0.15, 0.2) is 0 Å². The molecule has 1 aliphatic carbocycles. The molecule has 1 saturated carbocycles. The van der Waals surface area contributed by atoms with Gasteiger partial charge in [-0.2, -0.15) is 0 Å². The van der Waals surface area contributed by atoms with Crippen LogP contribution in [0.5, 0.6) is 0 Å². The molecule has 1 aliphatic rings. The normalized spacial score (nSPS) is 26.5. The lowest BCUT2D eigenvalue weighted by Gasteiger charge is -2.26. The van der Waals surface area contributed by atoms with Gasteiger partial charge in [-0.1, -0.05) is 6.42 Å². The van der Waals surface area contributed by atoms with Gasteiger partial charge in [0, 0.05) is 18.5 Å². The summed E-state index contributed by atoms with van der Waals surface area (Å²) in [5.41, 5.74) is 0. The van der Waals surface area contributed by atoms with Crippen LogP contribution in [0.2, 0.25) is 0 Å². The highest BCUT2D eigenvalue weighted by molar-refractivity contribution is 4.79. The average molecular weight is 218 g/mol. The Labute approximate surface area is 89.1 Å². The molecule has 1 rings (SSSR count). The highest BCUT2D eigenvalue weighted by Gasteiger charge is 2.33. The molecular formula is C9H18N2O4. The van der Waals surface area contributed by atoms with Crippen LogP contribution in [-0.4, -0.2) is 37.6 Å². The summed E-state index contributed by atoms with van der Waals surface area (Å²) < 4.78 is 9.77. The summed E-state index contributed by atoms with van der Waals surface area (Å²) in [5, 5.41) is 13.8. The fraction of sp³-hybridized carbons (Fsp3) is 1.00. The maximum atomic E-state index is 10.8. The number of methoxy groups -OCH3 is 1. The Morgan fingerprint density at radius 3 is 2.87 bits per heavy atom. The van der Waals surface area contributed by atoms with E-state index in [1.807, 2.05) is 0 Å². The molecule has 2 atom stereocenters. The average Bonchev–Trinajstić information content (AvgIpc) is 2.25. The molecule has 1 N–H and O–H groups in total. The Bertz CT molecular complexity index is 201. The molecule has 0 bridgehead atoms. The van der Waals surface area contributed by atoms with Crippen molar-refractivity contribution < 1.29 is 14.4 Å². The zero-order valence-electron chi connectivity index (χ0n) is 8.98. The Hall–Kier alpha value is -0.720. The van der Waals surface area contributed by atoms with Crippen molar-refractivity contribution in [2.45, 2.75) is 37.8 Å². The second-order valence-corrected chi connectivity index (χ2v) is 3.70. The van der Waals surface area contributed by atoms with Crippen molar-refractivity contribution in [3.05, 3.63) is 10.1 Å². The van der Waals surface area contributed by atoms with E-state index >= 15 is 0 Å². The smallest absolute Gasteiger partial charge is 0.228 e. The standard InChI is InChI=1S/C9H18N2O4/c1-14-7-15-6-10-8-4-2-3-5-9(8)11(12)13/h8-10H,2-7H2,1H3. The molecule has 15 heavy (non-hydrogen) atoms. The molecule has 0 aromatic carbocycles. The third-order valence-corrected chi connectivity index (χ3v) is 2.65. The van der Waals surface area contributed by atoms with Gasteiger partial charge in [-0.15, -0.1) is 0 Å². The van der Waals surface area contributed by atoms with Crippen molar-refractivity contribution in [2.24, 2.45) is 0 Å². The van der Waals surface area contributed by atoms with Crippen LogP contribution in [0.3, 0.4) is 0 Å². The first-order valence-electron chi connectivity index (χ1n) is 5.19. The molecule has 0 heterocycles. The van der Waals surface area contributed by atoms with E-state index in [0.717, 1.165) is 19.3 Å². The molecule has 6 heteroatoms. The Kier molecular flexibility index (Phi) is 5.52. The predicted molar refractivity (Wildman–Crippen MR) is 54.0 cm³/mol. The first kappa shape index (κ1) is 12.4. The van der Waals surface area contributed by atoms with Gasteiger partial charge in [-0.3, -0.25) is 15.4 Å². The molecule has 0 aromatic heterocycles. The molecule has 2 unspecified atom stereocenters. The third kappa shape index (κ3) is 4.11. The van der Waals surface area contributed by atoms with Crippen LogP contribution in [0, 0.1) is 10.1 Å². The zero-order chi connectivity index (χ0) is 11.1. The number of hydrogen-bond donors (Lipinski definition) is 1. The summed E-state index contributed by atoms with van der Waals surface area (Å²) in [7, 11) is 1.54. The fourth-order valence-electron chi connectivity index (χ4n) is 1.89. The summed E-state index contributed by atoms with van der Waals surface area (Å²) in [6.07, 6.45) is 3.51. The Balaban J connectivity index is 2.26. The molecule has 0 amide bonds. The quantitative estimate of drug-likeness (QED) is 0.308. The van der Waals surface area contributed by atoms with Crippen molar-refractivity contribution >= 4 is 0 Å². The minimum Gasteiger partial charge on any atom is -0.359 e. The van der Waals surface area contributed by atoms with Crippen LogP contribution < -0.4 is 5.32 Å². The van der Waals surface area contributed by atoms with Gasteiger partial charge in [0.1, 0.15) is 6.79 Å². The van der Waals surface area contributed by atoms with Crippen molar-refractivity contribution in [3.8, 4) is 0 Å². The van der Waals surface area contributed by atoms with E-state index in [2.05, 4.69) is 5.32 Å². The second-order valence-electron chi connectivity index (χ2n) is 3.70. The lowest BCUT2D eigenvalue weighted by atomic mass is 9.91. The summed E-state index contributed by atoms with van der Waals surface area (Å²) in [6.45, 7) is 0.520. The second kappa shape index (κ2) is 6.71. The zero-order valence-corrected chi connectivity index (χ0v) is 8.98. The van der Waals surface area contributed by atoms with Gasteiger partial charge >= 0.3 is 0 Å². The van der Waals surface area contributed by atoms with E-state index in [0.29, 0.717) is 13.2 Å². The van der Waals surface area contributed by atoms with Gasteiger partial charge < -0.3 is 9.47 Å². The molecule has 0 spiro atoms. The van der Waals surface area contributed by atoms with Crippen LogP contribution in [0.1, 0.15) is 25.7 Å². The van der Waals surface area contributed by atoms with Gasteiger partial charge in [0.25, 0.3) is 0 Å². The lowest BCUT2D eigenvalue weighted by molar-refractivity contribution is -0.530. The van der Waals surface area contributed by atoms with Gasteiger partial charge in [-0.05, 0) is 12.8 Å². The lowest BCUT2D eigenvalue weighted by Crippen LogP contribution is -2.46. The van der Waals surface area contributed by atoms with E-state index in [9.17, 15) is 10.1 Å². The Morgan fingerprint density at radius 2 is 2.20 bits per heavy atom. The molecule has 88 valence electrons. The van der Waals surface area contributed by atoms with Crippen LogP contribution in [0.25, 0.3) is 0 Å². The predicted octanol–water partition coefficient (Wildman–Crippen LogP) is 0.742. The van der Waals surface area contributed by atoms with Crippen LogP contribution in [0.4, 0.5) is 0 Å². The highest BCUT2D eigenvalue weighted by atomic mass is 16.7. The van der Waals surface area contributed by atoms with Crippen LogP contribution in [-0.2, 0) is 9.47 Å². The first-order valence-corrected chi connectivity index (χ1v) is 5.19. The van der Waals surface area contributed by atoms with E-state index in [1.165, 1.54) is 0 Å². The van der Waals surface area contributed by atoms with Gasteiger partial charge in [0.2, 0.25) is 6.04 Å². The number of ether oxygens (including phenoxy) is 2. The van der Waals surface area contributed by atoms with Crippen LogP contribution >= 0.6 is 0 Å². The summed E-state index contributed by atoms with van der Waals surface area (Å²) in [4.78, 5) is 10.6. The minimum absolute atomic E-state index is 0.0643. The van der Waals surface area contributed by atoms with Crippen molar-refractivity contribution in [1.29, 1.82) is 0 Å². The summed E-state index contributed by atoms with van der Waals surface area (Å²) in [5.74, 6) is 0. The summed E-state index contributed by atoms with van der Waals surface area (Å²) >= 11 is 0. The van der Waals surface area contributed by atoms with Gasteiger partial charge in [0.05, 0.1) is 12.8 Å². The number of nitro groups is 1. The van der Waals surface area contributed by atoms with Crippen molar-refractivity contribution in [3.63, 3.8) is 0 Å². The maximum absolute atomic E-state index is 10.8. The monoisotopic (exact) mass is 218 g/mol. The summed E-state index contributed by atoms with van der Waals surface area (Å²) in [6, 6.07) is -0.532. The van der Waals surface area contributed by atoms with E-state index in [4.69, 9.17) is 9.47 Å². The Morgan fingerprint density at radius 1 is 1.47 bits per heavy atom. The van der Waals surface area contributed by atoms with E-state index in [1.54, 1.807) is 7.11 Å². The minimum atomic E-state index is -0.468. The van der Waals surface area contributed by atoms with Crippen molar-refractivity contribution in [1.82, 2.24) is 5.32 Å². The topological polar surface area (TPSA) is 73.6 Å². The molecule has 0 aromatic rings. The van der Waals surface area contributed by atoms with Gasteiger partial charge in [-0.25, -0.2) is 0 Å². The number of hydrogen-bond acceptors (Lipinski definition) is 5. The van der Waals surface area contributed by atoms with Gasteiger partial charge in [0.15, 0.2) is 0 Å². The van der Waals surface area contributed by atoms with Crippen molar-refractivity contribution in [2.75, 3.05) is 20.6 Å². The number of nitrogens with zero attached hydrogens (tertiary/aromatic N) is 1.